The summed E-state index contributed by atoms with van der Waals surface area (Å²) in [5.74, 6) is 0.822. The first-order valence-corrected chi connectivity index (χ1v) is 11.3. The van der Waals surface area contributed by atoms with Crippen molar-refractivity contribution in [3.05, 3.63) is 65.7 Å². The molecule has 0 saturated carbocycles. The number of alkyl halides is 3. The van der Waals surface area contributed by atoms with Crippen molar-refractivity contribution in [1.29, 1.82) is 0 Å². The van der Waals surface area contributed by atoms with Crippen LogP contribution in [0.25, 0.3) is 28.0 Å². The van der Waals surface area contributed by atoms with Crippen LogP contribution in [-0.4, -0.2) is 36.9 Å². The van der Waals surface area contributed by atoms with E-state index in [0.29, 0.717) is 33.9 Å². The van der Waals surface area contributed by atoms with E-state index in [9.17, 15) is 18.3 Å². The number of halogens is 3. The van der Waals surface area contributed by atoms with Gasteiger partial charge in [-0.15, -0.1) is 0 Å². The minimum atomic E-state index is -4.36. The fourth-order valence-electron chi connectivity index (χ4n) is 4.18. The van der Waals surface area contributed by atoms with Gasteiger partial charge >= 0.3 is 6.18 Å². The van der Waals surface area contributed by atoms with Crippen LogP contribution >= 0.6 is 0 Å². The van der Waals surface area contributed by atoms with E-state index < -0.39 is 25.1 Å². The fraction of sp³-hybridized carbons (Fsp3) is 0.346. The lowest BCUT2D eigenvalue weighted by Crippen LogP contribution is -2.10. The van der Waals surface area contributed by atoms with E-state index in [1.165, 1.54) is 6.33 Å². The average molecular weight is 485 g/mol. The molecule has 3 heterocycles. The van der Waals surface area contributed by atoms with Gasteiger partial charge in [-0.05, 0) is 51.3 Å². The standard InChI is InChI=1S/C26H27F3N4O2/c1-15(2)35-24-11-23(31-14-32-24)33-13-19(22(34)8-9-26(27,28)29)18-10-20(30-12-21(18)33)25-16(3)6-5-7-17(25)4/h5-7,10-15,22,34H,8-9H2,1-4H3. The molecule has 184 valence electrons. The van der Waals surface area contributed by atoms with Crippen LogP contribution in [0, 0.1) is 13.8 Å². The maximum atomic E-state index is 12.9. The zero-order valence-corrected chi connectivity index (χ0v) is 20.0. The van der Waals surface area contributed by atoms with Gasteiger partial charge in [-0.1, -0.05) is 18.2 Å². The summed E-state index contributed by atoms with van der Waals surface area (Å²) in [5, 5.41) is 11.4. The van der Waals surface area contributed by atoms with Crippen LogP contribution in [0.2, 0.25) is 0 Å². The number of aryl methyl sites for hydroxylation is 2. The summed E-state index contributed by atoms with van der Waals surface area (Å²) in [4.78, 5) is 13.1. The molecule has 0 saturated heterocycles. The molecule has 1 aromatic carbocycles. The third-order valence-electron chi connectivity index (χ3n) is 5.75. The van der Waals surface area contributed by atoms with E-state index in [1.807, 2.05) is 52.0 Å². The number of fused-ring (bicyclic) bond motifs is 1. The van der Waals surface area contributed by atoms with Crippen molar-refractivity contribution in [1.82, 2.24) is 19.5 Å². The van der Waals surface area contributed by atoms with Crippen LogP contribution in [-0.2, 0) is 0 Å². The van der Waals surface area contributed by atoms with Crippen molar-refractivity contribution < 1.29 is 23.0 Å². The SMILES string of the molecule is Cc1cccc(C)c1-c1cc2c(C(O)CCC(F)(F)F)cn(-c3cc(OC(C)C)ncn3)c2cn1. The smallest absolute Gasteiger partial charge is 0.389 e. The van der Waals surface area contributed by atoms with E-state index >= 15 is 0 Å². The predicted molar refractivity (Wildman–Crippen MR) is 128 cm³/mol. The molecule has 0 spiro atoms. The molecule has 4 aromatic rings. The van der Waals surface area contributed by atoms with Gasteiger partial charge in [0.15, 0.2) is 0 Å². The summed E-state index contributed by atoms with van der Waals surface area (Å²) in [6.45, 7) is 7.72. The summed E-state index contributed by atoms with van der Waals surface area (Å²) in [6.07, 6.45) is -2.69. The van der Waals surface area contributed by atoms with E-state index in [4.69, 9.17) is 4.74 Å². The van der Waals surface area contributed by atoms with E-state index in [1.54, 1.807) is 23.0 Å². The number of nitrogens with zero attached hydrogens (tertiary/aromatic N) is 4. The normalized spacial score (nSPS) is 12.9. The zero-order chi connectivity index (χ0) is 25.3. The second-order valence-electron chi connectivity index (χ2n) is 8.86. The monoisotopic (exact) mass is 484 g/mol. The Labute approximate surface area is 201 Å². The third-order valence-corrected chi connectivity index (χ3v) is 5.75. The van der Waals surface area contributed by atoms with Crippen molar-refractivity contribution in [2.45, 2.75) is 58.9 Å². The van der Waals surface area contributed by atoms with E-state index in [2.05, 4.69) is 15.0 Å². The molecule has 0 aliphatic heterocycles. The number of pyridine rings is 1. The average Bonchev–Trinajstić information content (AvgIpc) is 3.16. The first kappa shape index (κ1) is 24.7. The number of hydrogen-bond acceptors (Lipinski definition) is 5. The van der Waals surface area contributed by atoms with Crippen molar-refractivity contribution in [2.24, 2.45) is 0 Å². The summed E-state index contributed by atoms with van der Waals surface area (Å²) in [7, 11) is 0. The van der Waals surface area contributed by atoms with Gasteiger partial charge in [-0.2, -0.15) is 13.2 Å². The number of ether oxygens (including phenoxy) is 1. The molecule has 4 rings (SSSR count). The van der Waals surface area contributed by atoms with Gasteiger partial charge in [0.05, 0.1) is 29.6 Å². The number of aromatic nitrogens is 4. The predicted octanol–water partition coefficient (Wildman–Crippen LogP) is 6.26. The van der Waals surface area contributed by atoms with Gasteiger partial charge in [0, 0.05) is 35.2 Å². The quantitative estimate of drug-likeness (QED) is 0.335. The minimum absolute atomic E-state index is 0.0968. The number of aliphatic hydroxyl groups is 1. The summed E-state index contributed by atoms with van der Waals surface area (Å²) in [5.41, 5.74) is 4.68. The molecule has 6 nitrogen and oxygen atoms in total. The molecule has 0 aliphatic carbocycles. The third kappa shape index (κ3) is 5.45. The van der Waals surface area contributed by atoms with Gasteiger partial charge in [0.1, 0.15) is 12.1 Å². The highest BCUT2D eigenvalue weighted by Gasteiger charge is 2.29. The van der Waals surface area contributed by atoms with Crippen LogP contribution < -0.4 is 4.74 Å². The molecular formula is C26H27F3N4O2. The molecule has 9 heteroatoms. The van der Waals surface area contributed by atoms with Crippen molar-refractivity contribution in [3.8, 4) is 23.0 Å². The topological polar surface area (TPSA) is 73.1 Å². The summed E-state index contributed by atoms with van der Waals surface area (Å²) >= 11 is 0. The molecule has 0 radical (unpaired) electrons. The Morgan fingerprint density at radius 2 is 1.77 bits per heavy atom. The lowest BCUT2D eigenvalue weighted by molar-refractivity contribution is -0.140. The zero-order valence-electron chi connectivity index (χ0n) is 20.0. The number of rotatable bonds is 7. The van der Waals surface area contributed by atoms with Gasteiger partial charge < -0.3 is 9.84 Å². The number of aliphatic hydroxyl groups excluding tert-OH is 1. The Morgan fingerprint density at radius 1 is 1.06 bits per heavy atom. The summed E-state index contributed by atoms with van der Waals surface area (Å²) in [6, 6.07) is 9.39. The molecule has 1 unspecified atom stereocenters. The Bertz CT molecular complexity index is 1330. The second kappa shape index (κ2) is 9.65. The molecule has 0 aliphatic rings. The van der Waals surface area contributed by atoms with Gasteiger partial charge in [0.25, 0.3) is 0 Å². The summed E-state index contributed by atoms with van der Waals surface area (Å²) < 4.78 is 46.0. The lowest BCUT2D eigenvalue weighted by atomic mass is 9.97. The first-order chi connectivity index (χ1) is 16.5. The van der Waals surface area contributed by atoms with Crippen molar-refractivity contribution in [2.75, 3.05) is 0 Å². The molecular weight excluding hydrogens is 457 g/mol. The molecule has 0 bridgehead atoms. The van der Waals surface area contributed by atoms with Gasteiger partial charge in [-0.3, -0.25) is 9.55 Å². The Morgan fingerprint density at radius 3 is 2.43 bits per heavy atom. The Kier molecular flexibility index (Phi) is 6.80. The number of benzene rings is 1. The first-order valence-electron chi connectivity index (χ1n) is 11.3. The Balaban J connectivity index is 1.87. The van der Waals surface area contributed by atoms with E-state index in [0.717, 1.165) is 16.7 Å². The molecule has 1 N–H and O–H groups in total. The molecule has 1 atom stereocenters. The maximum Gasteiger partial charge on any atom is 0.389 e. The van der Waals surface area contributed by atoms with Crippen LogP contribution in [0.4, 0.5) is 13.2 Å². The number of hydrogen-bond donors (Lipinski definition) is 1. The fourth-order valence-corrected chi connectivity index (χ4v) is 4.18. The molecule has 35 heavy (non-hydrogen) atoms. The van der Waals surface area contributed by atoms with Crippen LogP contribution in [0.5, 0.6) is 5.88 Å². The lowest BCUT2D eigenvalue weighted by Gasteiger charge is -2.13. The van der Waals surface area contributed by atoms with Crippen LogP contribution in [0.3, 0.4) is 0 Å². The molecule has 0 fully saturated rings. The van der Waals surface area contributed by atoms with Crippen molar-refractivity contribution >= 4 is 10.9 Å². The minimum Gasteiger partial charge on any atom is -0.475 e. The van der Waals surface area contributed by atoms with Gasteiger partial charge in [0.2, 0.25) is 5.88 Å². The largest absolute Gasteiger partial charge is 0.475 e. The Hall–Kier alpha value is -3.46. The van der Waals surface area contributed by atoms with Crippen LogP contribution in [0.15, 0.2) is 49.1 Å². The molecule has 3 aromatic heterocycles. The highest BCUT2D eigenvalue weighted by atomic mass is 19.4. The van der Waals surface area contributed by atoms with Crippen molar-refractivity contribution in [3.63, 3.8) is 0 Å². The van der Waals surface area contributed by atoms with Crippen LogP contribution in [0.1, 0.15) is 49.5 Å². The van der Waals surface area contributed by atoms with Gasteiger partial charge in [-0.25, -0.2) is 9.97 Å². The second-order valence-corrected chi connectivity index (χ2v) is 8.86. The molecule has 0 amide bonds. The highest BCUT2D eigenvalue weighted by Crippen LogP contribution is 2.36. The van der Waals surface area contributed by atoms with E-state index in [-0.39, 0.29) is 6.10 Å². The maximum absolute atomic E-state index is 12.9. The highest BCUT2D eigenvalue weighted by molar-refractivity contribution is 5.89.